The Bertz CT molecular complexity index is 505. The lowest BCUT2D eigenvalue weighted by Crippen LogP contribution is -2.13. The highest BCUT2D eigenvalue weighted by Crippen LogP contribution is 2.21. The zero-order chi connectivity index (χ0) is 13.5. The van der Waals surface area contributed by atoms with Gasteiger partial charge in [0, 0.05) is 11.9 Å². The maximum absolute atomic E-state index is 6.03. The molecule has 4 heteroatoms. The van der Waals surface area contributed by atoms with Gasteiger partial charge in [0.15, 0.2) is 0 Å². The topological polar surface area (TPSA) is 34.1 Å². The molecule has 0 bridgehead atoms. The summed E-state index contributed by atoms with van der Waals surface area (Å²) >= 11 is 6.03. The predicted molar refractivity (Wildman–Crippen MR) is 78.9 cm³/mol. The van der Waals surface area contributed by atoms with Crippen LogP contribution in [0.25, 0.3) is 0 Å². The fourth-order valence-corrected chi connectivity index (χ4v) is 2.05. The molecule has 3 nitrogen and oxygen atoms in total. The molecule has 1 atom stereocenters. The van der Waals surface area contributed by atoms with Crippen LogP contribution in [0.15, 0.2) is 48.5 Å². The molecule has 0 saturated heterocycles. The van der Waals surface area contributed by atoms with E-state index in [9.17, 15) is 0 Å². The maximum Gasteiger partial charge on any atom is 0.215 e. The molecule has 1 unspecified atom stereocenters. The van der Waals surface area contributed by atoms with Crippen LogP contribution in [0.3, 0.4) is 0 Å². The molecule has 0 aliphatic carbocycles. The van der Waals surface area contributed by atoms with Crippen molar-refractivity contribution < 1.29 is 4.74 Å². The smallest absolute Gasteiger partial charge is 0.215 e. The average Bonchev–Trinajstić information content (AvgIpc) is 2.46. The van der Waals surface area contributed by atoms with E-state index in [2.05, 4.69) is 10.3 Å². The monoisotopic (exact) mass is 276 g/mol. The van der Waals surface area contributed by atoms with Gasteiger partial charge >= 0.3 is 0 Å². The summed E-state index contributed by atoms with van der Waals surface area (Å²) in [5.41, 5.74) is 1.14. The van der Waals surface area contributed by atoms with Crippen molar-refractivity contribution in [3.8, 4) is 5.88 Å². The summed E-state index contributed by atoms with van der Waals surface area (Å²) in [6.45, 7) is 2.54. The molecule has 1 N–H and O–H groups in total. The van der Waals surface area contributed by atoms with E-state index in [1.54, 1.807) is 0 Å². The van der Waals surface area contributed by atoms with Gasteiger partial charge in [-0.2, -0.15) is 4.98 Å². The highest BCUT2D eigenvalue weighted by Gasteiger charge is 2.10. The van der Waals surface area contributed by atoms with E-state index in [1.807, 2.05) is 55.5 Å². The Labute approximate surface area is 118 Å². The van der Waals surface area contributed by atoms with E-state index in [1.165, 1.54) is 0 Å². The minimum Gasteiger partial charge on any atom is -0.478 e. The first kappa shape index (κ1) is 13.7. The molecule has 2 aromatic rings. The van der Waals surface area contributed by atoms with Crippen molar-refractivity contribution in [1.82, 2.24) is 4.98 Å². The van der Waals surface area contributed by atoms with E-state index >= 15 is 0 Å². The number of benzene rings is 1. The van der Waals surface area contributed by atoms with E-state index in [0.29, 0.717) is 18.4 Å². The van der Waals surface area contributed by atoms with Crippen LogP contribution in [-0.2, 0) is 0 Å². The summed E-state index contributed by atoms with van der Waals surface area (Å²) in [6, 6.07) is 15.8. The van der Waals surface area contributed by atoms with Crippen molar-refractivity contribution in [3.05, 3.63) is 54.1 Å². The van der Waals surface area contributed by atoms with Gasteiger partial charge in [0.2, 0.25) is 5.88 Å². The Morgan fingerprint density at radius 2 is 1.95 bits per heavy atom. The molecule has 0 amide bonds. The lowest BCUT2D eigenvalue weighted by Gasteiger charge is -2.17. The Morgan fingerprint density at radius 3 is 2.63 bits per heavy atom. The zero-order valence-electron chi connectivity index (χ0n) is 10.8. The number of hydrogen-bond acceptors (Lipinski definition) is 3. The molecule has 1 aromatic carbocycles. The third kappa shape index (κ3) is 3.86. The SMILES string of the molecule is CCOc1cccc(NC(CCl)c2ccccc2)n1. The number of alkyl halides is 1. The summed E-state index contributed by atoms with van der Waals surface area (Å²) in [7, 11) is 0. The fraction of sp³-hybridized carbons (Fsp3) is 0.267. The second-order valence-corrected chi connectivity index (χ2v) is 4.36. The highest BCUT2D eigenvalue weighted by molar-refractivity contribution is 6.18. The van der Waals surface area contributed by atoms with E-state index in [0.717, 1.165) is 11.4 Å². The summed E-state index contributed by atoms with van der Waals surface area (Å²) in [5.74, 6) is 1.86. The molecule has 1 aromatic heterocycles. The van der Waals surface area contributed by atoms with Crippen LogP contribution in [0.1, 0.15) is 18.5 Å². The van der Waals surface area contributed by atoms with Crippen LogP contribution in [0.2, 0.25) is 0 Å². The minimum absolute atomic E-state index is 0.0345. The van der Waals surface area contributed by atoms with Gasteiger partial charge in [-0.05, 0) is 18.6 Å². The molecule has 100 valence electrons. The van der Waals surface area contributed by atoms with Crippen molar-refractivity contribution in [1.29, 1.82) is 0 Å². The van der Waals surface area contributed by atoms with Crippen molar-refractivity contribution in [2.24, 2.45) is 0 Å². The molecule has 0 saturated carbocycles. The van der Waals surface area contributed by atoms with Crippen LogP contribution in [0.5, 0.6) is 5.88 Å². The normalized spacial score (nSPS) is 11.9. The first-order chi connectivity index (χ1) is 9.33. The van der Waals surface area contributed by atoms with Gasteiger partial charge in [-0.1, -0.05) is 36.4 Å². The summed E-state index contributed by atoms with van der Waals surface area (Å²) in [4.78, 5) is 4.38. The van der Waals surface area contributed by atoms with E-state index < -0.39 is 0 Å². The average molecular weight is 277 g/mol. The summed E-state index contributed by atoms with van der Waals surface area (Å²) in [6.07, 6.45) is 0. The molecule has 0 aliphatic rings. The summed E-state index contributed by atoms with van der Waals surface area (Å²) < 4.78 is 5.38. The van der Waals surface area contributed by atoms with Gasteiger partial charge in [0.05, 0.1) is 12.6 Å². The van der Waals surface area contributed by atoms with Gasteiger partial charge in [0.25, 0.3) is 0 Å². The Hall–Kier alpha value is -1.74. The largest absolute Gasteiger partial charge is 0.478 e. The van der Waals surface area contributed by atoms with Crippen LogP contribution < -0.4 is 10.1 Å². The number of anilines is 1. The number of rotatable bonds is 6. The van der Waals surface area contributed by atoms with Crippen LogP contribution in [-0.4, -0.2) is 17.5 Å². The Balaban J connectivity index is 2.12. The second kappa shape index (κ2) is 7.00. The highest BCUT2D eigenvalue weighted by atomic mass is 35.5. The number of halogens is 1. The zero-order valence-corrected chi connectivity index (χ0v) is 11.6. The van der Waals surface area contributed by atoms with Crippen LogP contribution >= 0.6 is 11.6 Å². The van der Waals surface area contributed by atoms with Crippen molar-refractivity contribution >= 4 is 17.4 Å². The number of ether oxygens (including phenoxy) is 1. The van der Waals surface area contributed by atoms with Crippen molar-refractivity contribution in [2.45, 2.75) is 13.0 Å². The van der Waals surface area contributed by atoms with Gasteiger partial charge in [-0.3, -0.25) is 0 Å². The van der Waals surface area contributed by atoms with E-state index in [4.69, 9.17) is 16.3 Å². The molecule has 19 heavy (non-hydrogen) atoms. The molecule has 1 heterocycles. The standard InChI is InChI=1S/C15H17ClN2O/c1-2-19-15-10-6-9-14(18-15)17-13(11-16)12-7-4-3-5-8-12/h3-10,13H,2,11H2,1H3,(H,17,18). The summed E-state index contributed by atoms with van der Waals surface area (Å²) in [5, 5.41) is 3.32. The maximum atomic E-state index is 6.03. The second-order valence-electron chi connectivity index (χ2n) is 4.06. The number of nitrogens with one attached hydrogen (secondary N) is 1. The van der Waals surface area contributed by atoms with Gasteiger partial charge in [-0.25, -0.2) is 0 Å². The minimum atomic E-state index is 0.0345. The van der Waals surface area contributed by atoms with Crippen molar-refractivity contribution in [3.63, 3.8) is 0 Å². The molecular formula is C15H17ClN2O. The predicted octanol–water partition coefficient (Wildman–Crippen LogP) is 3.87. The molecule has 0 fully saturated rings. The lowest BCUT2D eigenvalue weighted by atomic mass is 10.1. The molecule has 0 aliphatic heterocycles. The quantitative estimate of drug-likeness (QED) is 0.813. The lowest BCUT2D eigenvalue weighted by molar-refractivity contribution is 0.327. The van der Waals surface area contributed by atoms with Gasteiger partial charge in [0.1, 0.15) is 5.82 Å². The first-order valence-electron chi connectivity index (χ1n) is 6.30. The number of hydrogen-bond donors (Lipinski definition) is 1. The third-order valence-electron chi connectivity index (χ3n) is 2.69. The Kier molecular flexibility index (Phi) is 5.04. The van der Waals surface area contributed by atoms with Crippen LogP contribution in [0.4, 0.5) is 5.82 Å². The number of nitrogens with zero attached hydrogens (tertiary/aromatic N) is 1. The van der Waals surface area contributed by atoms with Crippen LogP contribution in [0, 0.1) is 0 Å². The molecular weight excluding hydrogens is 260 g/mol. The first-order valence-corrected chi connectivity index (χ1v) is 6.84. The fourth-order valence-electron chi connectivity index (χ4n) is 1.80. The molecule has 0 radical (unpaired) electrons. The molecule has 0 spiro atoms. The number of pyridine rings is 1. The van der Waals surface area contributed by atoms with Crippen molar-refractivity contribution in [2.75, 3.05) is 17.8 Å². The van der Waals surface area contributed by atoms with E-state index in [-0.39, 0.29) is 6.04 Å². The third-order valence-corrected chi connectivity index (χ3v) is 3.00. The number of aromatic nitrogens is 1. The van der Waals surface area contributed by atoms with Gasteiger partial charge in [-0.15, -0.1) is 11.6 Å². The van der Waals surface area contributed by atoms with Gasteiger partial charge < -0.3 is 10.1 Å². The Morgan fingerprint density at radius 1 is 1.16 bits per heavy atom. The molecule has 2 rings (SSSR count).